The van der Waals surface area contributed by atoms with Crippen molar-refractivity contribution in [3.63, 3.8) is 0 Å². The van der Waals surface area contributed by atoms with Crippen molar-refractivity contribution in [2.45, 2.75) is 20.8 Å². The SMILES string of the molecule is Cc1cc(C)c(C(=O)c2ccccc2[PH](=O)O)c(C)c1. The molecule has 0 aliphatic rings. The highest BCUT2D eigenvalue weighted by molar-refractivity contribution is 7.47. The van der Waals surface area contributed by atoms with E-state index in [9.17, 15) is 14.3 Å². The molecule has 2 rings (SSSR count). The average Bonchev–Trinajstić information content (AvgIpc) is 2.37. The monoisotopic (exact) mass is 288 g/mol. The molecule has 1 unspecified atom stereocenters. The summed E-state index contributed by atoms with van der Waals surface area (Å²) in [6.45, 7) is 5.75. The maximum atomic E-state index is 12.7. The summed E-state index contributed by atoms with van der Waals surface area (Å²) < 4.78 is 11.4. The van der Waals surface area contributed by atoms with E-state index in [0.29, 0.717) is 11.1 Å². The molecule has 1 atom stereocenters. The lowest BCUT2D eigenvalue weighted by molar-refractivity contribution is 0.103. The van der Waals surface area contributed by atoms with E-state index in [1.165, 1.54) is 6.07 Å². The number of carbonyl (C=O) groups excluding carboxylic acids is 1. The highest BCUT2D eigenvalue weighted by atomic mass is 31.1. The van der Waals surface area contributed by atoms with Crippen LogP contribution in [0.25, 0.3) is 0 Å². The third-order valence-electron chi connectivity index (χ3n) is 3.31. The zero-order valence-electron chi connectivity index (χ0n) is 11.7. The van der Waals surface area contributed by atoms with Gasteiger partial charge in [-0.2, -0.15) is 0 Å². The lowest BCUT2D eigenvalue weighted by Crippen LogP contribution is -2.15. The van der Waals surface area contributed by atoms with Gasteiger partial charge in [0.05, 0.1) is 0 Å². The Morgan fingerprint density at radius 1 is 1.05 bits per heavy atom. The van der Waals surface area contributed by atoms with Gasteiger partial charge in [0, 0.05) is 16.4 Å². The van der Waals surface area contributed by atoms with Crippen LogP contribution in [0.1, 0.15) is 32.6 Å². The molecule has 0 saturated heterocycles. The third kappa shape index (κ3) is 2.74. The van der Waals surface area contributed by atoms with Gasteiger partial charge in [0.25, 0.3) is 0 Å². The molecule has 3 nitrogen and oxygen atoms in total. The average molecular weight is 288 g/mol. The van der Waals surface area contributed by atoms with E-state index in [-0.39, 0.29) is 11.1 Å². The maximum absolute atomic E-state index is 12.7. The van der Waals surface area contributed by atoms with Crippen LogP contribution in [-0.4, -0.2) is 10.7 Å². The molecule has 2 aromatic rings. The summed E-state index contributed by atoms with van der Waals surface area (Å²) in [7, 11) is -2.90. The van der Waals surface area contributed by atoms with Gasteiger partial charge < -0.3 is 4.89 Å². The Morgan fingerprint density at radius 3 is 2.15 bits per heavy atom. The zero-order valence-corrected chi connectivity index (χ0v) is 12.7. The first kappa shape index (κ1) is 14.7. The summed E-state index contributed by atoms with van der Waals surface area (Å²) in [5.74, 6) is -0.192. The minimum Gasteiger partial charge on any atom is -0.343 e. The van der Waals surface area contributed by atoms with Crippen molar-refractivity contribution in [2.75, 3.05) is 0 Å². The maximum Gasteiger partial charge on any atom is 0.218 e. The van der Waals surface area contributed by atoms with Crippen LogP contribution in [0.4, 0.5) is 0 Å². The van der Waals surface area contributed by atoms with Crippen LogP contribution in [0.15, 0.2) is 36.4 Å². The minimum absolute atomic E-state index is 0.192. The standard InChI is InChI=1S/C16H17O3P/c1-10-8-11(2)15(12(3)9-10)16(17)13-6-4-5-7-14(13)20(18)19/h4-9,20H,1-3H3,(H,18,19). The Labute approximate surface area is 119 Å². The number of hydrogen-bond donors (Lipinski definition) is 1. The van der Waals surface area contributed by atoms with Gasteiger partial charge in [-0.05, 0) is 38.0 Å². The van der Waals surface area contributed by atoms with E-state index in [2.05, 4.69) is 0 Å². The Morgan fingerprint density at radius 2 is 1.60 bits per heavy atom. The first-order chi connectivity index (χ1) is 9.41. The highest BCUT2D eigenvalue weighted by Crippen LogP contribution is 2.23. The molecule has 104 valence electrons. The van der Waals surface area contributed by atoms with Crippen molar-refractivity contribution >= 4 is 19.1 Å². The van der Waals surface area contributed by atoms with Crippen molar-refractivity contribution in [1.29, 1.82) is 0 Å². The molecular weight excluding hydrogens is 271 g/mol. The second-order valence-electron chi connectivity index (χ2n) is 4.95. The quantitative estimate of drug-likeness (QED) is 0.698. The minimum atomic E-state index is -2.90. The predicted octanol–water partition coefficient (Wildman–Crippen LogP) is 2.94. The summed E-state index contributed by atoms with van der Waals surface area (Å²) in [6, 6.07) is 10.4. The zero-order chi connectivity index (χ0) is 14.9. The van der Waals surface area contributed by atoms with Gasteiger partial charge in [-0.15, -0.1) is 0 Å². The number of ketones is 1. The summed E-state index contributed by atoms with van der Waals surface area (Å²) in [6.07, 6.45) is 0. The van der Waals surface area contributed by atoms with E-state index >= 15 is 0 Å². The Bertz CT molecular complexity index is 682. The van der Waals surface area contributed by atoms with E-state index in [4.69, 9.17) is 0 Å². The van der Waals surface area contributed by atoms with Crippen LogP contribution < -0.4 is 5.30 Å². The van der Waals surface area contributed by atoms with Crippen LogP contribution in [0, 0.1) is 20.8 Å². The molecule has 0 bridgehead atoms. The van der Waals surface area contributed by atoms with E-state index in [1.54, 1.807) is 18.2 Å². The number of carbonyl (C=O) groups is 1. The van der Waals surface area contributed by atoms with Gasteiger partial charge in [0.1, 0.15) is 0 Å². The van der Waals surface area contributed by atoms with Crippen LogP contribution in [-0.2, 0) is 4.57 Å². The molecule has 0 radical (unpaired) electrons. The van der Waals surface area contributed by atoms with Crippen molar-refractivity contribution in [2.24, 2.45) is 0 Å². The molecule has 0 spiro atoms. The van der Waals surface area contributed by atoms with Gasteiger partial charge in [-0.25, -0.2) is 0 Å². The lowest BCUT2D eigenvalue weighted by atomic mass is 9.93. The fraction of sp³-hybridized carbons (Fsp3) is 0.188. The third-order valence-corrected chi connectivity index (χ3v) is 4.20. The van der Waals surface area contributed by atoms with Gasteiger partial charge in [-0.1, -0.05) is 35.9 Å². The van der Waals surface area contributed by atoms with Crippen LogP contribution >= 0.6 is 8.03 Å². The fourth-order valence-corrected chi connectivity index (χ4v) is 3.21. The molecule has 20 heavy (non-hydrogen) atoms. The van der Waals surface area contributed by atoms with E-state index in [1.807, 2.05) is 32.9 Å². The van der Waals surface area contributed by atoms with Gasteiger partial charge in [0.2, 0.25) is 8.03 Å². The molecule has 1 N–H and O–H groups in total. The van der Waals surface area contributed by atoms with Crippen molar-refractivity contribution in [3.05, 3.63) is 64.2 Å². The number of hydrogen-bond acceptors (Lipinski definition) is 2. The normalized spacial score (nSPS) is 12.2. The molecule has 0 aromatic heterocycles. The Hall–Kier alpha value is -1.70. The summed E-state index contributed by atoms with van der Waals surface area (Å²) in [5, 5.41) is 0.224. The molecule has 0 amide bonds. The van der Waals surface area contributed by atoms with Crippen LogP contribution in [0.3, 0.4) is 0 Å². The lowest BCUT2D eigenvalue weighted by Gasteiger charge is -2.12. The molecule has 0 heterocycles. The molecule has 0 saturated carbocycles. The Balaban J connectivity index is 2.61. The number of benzene rings is 2. The second-order valence-corrected chi connectivity index (χ2v) is 6.10. The largest absolute Gasteiger partial charge is 0.343 e. The topological polar surface area (TPSA) is 54.4 Å². The number of rotatable bonds is 3. The fourth-order valence-electron chi connectivity index (χ4n) is 2.54. The predicted molar refractivity (Wildman–Crippen MR) is 81.4 cm³/mol. The van der Waals surface area contributed by atoms with Gasteiger partial charge in [0.15, 0.2) is 5.78 Å². The van der Waals surface area contributed by atoms with Crippen molar-refractivity contribution in [3.8, 4) is 0 Å². The first-order valence-corrected chi connectivity index (χ1v) is 7.72. The molecule has 2 aromatic carbocycles. The molecule has 0 fully saturated rings. The second kappa shape index (κ2) is 5.74. The van der Waals surface area contributed by atoms with E-state index in [0.717, 1.165) is 16.7 Å². The van der Waals surface area contributed by atoms with Crippen LogP contribution in [0.2, 0.25) is 0 Å². The van der Waals surface area contributed by atoms with E-state index < -0.39 is 8.03 Å². The summed E-state index contributed by atoms with van der Waals surface area (Å²) in [5.41, 5.74) is 3.81. The Kier molecular flexibility index (Phi) is 4.22. The summed E-state index contributed by atoms with van der Waals surface area (Å²) >= 11 is 0. The molecule has 0 aliphatic carbocycles. The molecule has 0 aliphatic heterocycles. The highest BCUT2D eigenvalue weighted by Gasteiger charge is 2.19. The van der Waals surface area contributed by atoms with Crippen molar-refractivity contribution in [1.82, 2.24) is 0 Å². The van der Waals surface area contributed by atoms with Gasteiger partial charge >= 0.3 is 0 Å². The molecular formula is C16H17O3P. The number of aryl methyl sites for hydroxylation is 3. The van der Waals surface area contributed by atoms with Crippen LogP contribution in [0.5, 0.6) is 0 Å². The molecule has 4 heteroatoms. The van der Waals surface area contributed by atoms with Crippen molar-refractivity contribution < 1.29 is 14.3 Å². The smallest absolute Gasteiger partial charge is 0.218 e. The summed E-state index contributed by atoms with van der Waals surface area (Å²) in [4.78, 5) is 22.1. The van der Waals surface area contributed by atoms with Gasteiger partial charge in [-0.3, -0.25) is 9.36 Å². The first-order valence-electron chi connectivity index (χ1n) is 6.36.